The van der Waals surface area contributed by atoms with E-state index in [0.29, 0.717) is 65.1 Å². The van der Waals surface area contributed by atoms with Gasteiger partial charge in [0.15, 0.2) is 0 Å². The minimum absolute atomic E-state index is 0.00819. The van der Waals surface area contributed by atoms with Crippen molar-refractivity contribution in [3.63, 3.8) is 0 Å². The number of carbonyl (C=O) groups excluding carboxylic acids is 2. The van der Waals surface area contributed by atoms with Crippen molar-refractivity contribution in [1.29, 1.82) is 0 Å². The summed E-state index contributed by atoms with van der Waals surface area (Å²) in [5.41, 5.74) is 3.43. The molecule has 226 valence electrons. The summed E-state index contributed by atoms with van der Waals surface area (Å²) in [6.45, 7) is 5.65. The molecule has 3 aromatic carbocycles. The number of nitrogens with one attached hydrogen (secondary N) is 2. The van der Waals surface area contributed by atoms with Crippen LogP contribution >= 0.6 is 11.6 Å². The molecule has 0 saturated heterocycles. The molecule has 6 rings (SSSR count). The standard InChI is InChI=1S/C34H33ClN4O5/c1-3-43-13-12-20(2)44-25-10-8-21(9-11-25)33(41)37-24-14-22-15-28(38-32(22)36-18-24)34(42)39-19-23(17-35)31-27-7-5-4-6-26(27)30(40)16-29(31)39/h4-11,14-16,18,20,23,40H,3,12-13,17,19H2,1-2H3,(H,36,38)(H,37,41)/t20?,23-/m1/s1. The zero-order valence-corrected chi connectivity index (χ0v) is 25.2. The molecule has 2 aromatic heterocycles. The Balaban J connectivity index is 1.17. The van der Waals surface area contributed by atoms with Gasteiger partial charge in [-0.25, -0.2) is 4.98 Å². The second-order valence-electron chi connectivity index (χ2n) is 10.9. The number of aromatic hydroxyl groups is 1. The number of aromatic amines is 1. The highest BCUT2D eigenvalue weighted by Crippen LogP contribution is 2.45. The number of rotatable bonds is 10. The van der Waals surface area contributed by atoms with Crippen LogP contribution in [-0.2, 0) is 4.74 Å². The zero-order valence-electron chi connectivity index (χ0n) is 24.5. The van der Waals surface area contributed by atoms with Gasteiger partial charge in [0.25, 0.3) is 11.8 Å². The molecule has 9 nitrogen and oxygen atoms in total. The van der Waals surface area contributed by atoms with Crippen LogP contribution < -0.4 is 15.0 Å². The summed E-state index contributed by atoms with van der Waals surface area (Å²) in [6, 6.07) is 19.7. The summed E-state index contributed by atoms with van der Waals surface area (Å²) in [6.07, 6.45) is 2.31. The van der Waals surface area contributed by atoms with E-state index in [0.717, 1.165) is 22.8 Å². The van der Waals surface area contributed by atoms with Gasteiger partial charge in [0, 0.05) is 53.8 Å². The number of carbonyl (C=O) groups is 2. The van der Waals surface area contributed by atoms with Crippen LogP contribution in [0.5, 0.6) is 11.5 Å². The monoisotopic (exact) mass is 612 g/mol. The smallest absolute Gasteiger partial charge is 0.274 e. The first-order chi connectivity index (χ1) is 21.4. The van der Waals surface area contributed by atoms with E-state index in [9.17, 15) is 14.7 Å². The van der Waals surface area contributed by atoms with Crippen LogP contribution in [-0.4, -0.2) is 58.6 Å². The Bertz CT molecular complexity index is 1840. The number of nitrogens with zero attached hydrogens (tertiary/aromatic N) is 2. The molecule has 0 spiro atoms. The Hall–Kier alpha value is -4.60. The average Bonchev–Trinajstić information content (AvgIpc) is 3.63. The Labute approximate surface area is 259 Å². The lowest BCUT2D eigenvalue weighted by Crippen LogP contribution is -2.30. The number of halogens is 1. The van der Waals surface area contributed by atoms with Crippen molar-refractivity contribution in [3.8, 4) is 11.5 Å². The molecule has 5 aromatic rings. The van der Waals surface area contributed by atoms with Crippen LogP contribution in [0.4, 0.5) is 11.4 Å². The van der Waals surface area contributed by atoms with Crippen LogP contribution in [0.2, 0.25) is 0 Å². The summed E-state index contributed by atoms with van der Waals surface area (Å²) >= 11 is 6.34. The van der Waals surface area contributed by atoms with Crippen molar-refractivity contribution in [2.24, 2.45) is 0 Å². The van der Waals surface area contributed by atoms with Crippen molar-refractivity contribution in [3.05, 3.63) is 89.7 Å². The highest BCUT2D eigenvalue weighted by molar-refractivity contribution is 6.19. The molecule has 2 atom stereocenters. The van der Waals surface area contributed by atoms with E-state index in [1.165, 1.54) is 0 Å². The summed E-state index contributed by atoms with van der Waals surface area (Å²) < 4.78 is 11.3. The summed E-state index contributed by atoms with van der Waals surface area (Å²) in [4.78, 5) is 35.9. The lowest BCUT2D eigenvalue weighted by molar-refractivity contribution is 0.0982. The van der Waals surface area contributed by atoms with Crippen LogP contribution in [0.3, 0.4) is 0 Å². The molecule has 1 unspecified atom stereocenters. The SMILES string of the molecule is CCOCCC(C)Oc1ccc(C(=O)Nc2cnc3[nH]c(C(=O)N4C[C@@H](CCl)c5c4cc(O)c4ccccc54)cc3c2)cc1. The third kappa shape index (κ3) is 5.80. The largest absolute Gasteiger partial charge is 0.507 e. The third-order valence-corrected chi connectivity index (χ3v) is 8.23. The molecule has 0 saturated carbocycles. The molecule has 10 heteroatoms. The molecule has 44 heavy (non-hydrogen) atoms. The van der Waals surface area contributed by atoms with Gasteiger partial charge in [0.2, 0.25) is 0 Å². The Morgan fingerprint density at radius 2 is 1.91 bits per heavy atom. The fraction of sp³-hybridized carbons (Fsp3) is 0.265. The maximum Gasteiger partial charge on any atom is 0.274 e. The van der Waals surface area contributed by atoms with E-state index < -0.39 is 0 Å². The number of anilines is 2. The van der Waals surface area contributed by atoms with Gasteiger partial charge in [-0.05, 0) is 61.2 Å². The number of phenols is 1. The molecule has 3 N–H and O–H groups in total. The van der Waals surface area contributed by atoms with Gasteiger partial charge in [-0.2, -0.15) is 0 Å². The van der Waals surface area contributed by atoms with Gasteiger partial charge in [-0.1, -0.05) is 24.3 Å². The van der Waals surface area contributed by atoms with Crippen LogP contribution in [0, 0.1) is 0 Å². The maximum atomic E-state index is 13.8. The Morgan fingerprint density at radius 1 is 1.14 bits per heavy atom. The second-order valence-corrected chi connectivity index (χ2v) is 11.2. The second kappa shape index (κ2) is 12.6. The van der Waals surface area contributed by atoms with E-state index >= 15 is 0 Å². The number of hydrogen-bond acceptors (Lipinski definition) is 6. The van der Waals surface area contributed by atoms with Gasteiger partial charge in [-0.15, -0.1) is 11.6 Å². The van der Waals surface area contributed by atoms with E-state index in [1.807, 2.05) is 38.1 Å². The summed E-state index contributed by atoms with van der Waals surface area (Å²) in [7, 11) is 0. The molecular formula is C34H33ClN4O5. The summed E-state index contributed by atoms with van der Waals surface area (Å²) in [5, 5.41) is 15.9. The van der Waals surface area contributed by atoms with Crippen LogP contribution in [0.1, 0.15) is 52.6 Å². The van der Waals surface area contributed by atoms with Crippen molar-refractivity contribution in [2.45, 2.75) is 32.3 Å². The zero-order chi connectivity index (χ0) is 30.8. The summed E-state index contributed by atoms with van der Waals surface area (Å²) in [5.74, 6) is 0.509. The molecule has 1 aliphatic rings. The average molecular weight is 613 g/mol. The van der Waals surface area contributed by atoms with E-state index in [-0.39, 0.29) is 29.6 Å². The number of hydrogen-bond donors (Lipinski definition) is 3. The molecule has 0 bridgehead atoms. The fourth-order valence-electron chi connectivity index (χ4n) is 5.66. The normalized spacial score (nSPS) is 15.0. The number of H-pyrrole nitrogens is 1. The van der Waals surface area contributed by atoms with Crippen LogP contribution in [0.15, 0.2) is 72.9 Å². The molecule has 1 aliphatic heterocycles. The van der Waals surface area contributed by atoms with Gasteiger partial charge in [-0.3, -0.25) is 9.59 Å². The predicted molar refractivity (Wildman–Crippen MR) is 172 cm³/mol. The number of benzene rings is 3. The minimum atomic E-state index is -0.290. The third-order valence-electron chi connectivity index (χ3n) is 7.86. The van der Waals surface area contributed by atoms with E-state index in [2.05, 4.69) is 15.3 Å². The number of ether oxygens (including phenoxy) is 2. The molecule has 2 amide bonds. The van der Waals surface area contributed by atoms with Crippen LogP contribution in [0.25, 0.3) is 21.8 Å². The van der Waals surface area contributed by atoms with Crippen molar-refractivity contribution >= 4 is 56.6 Å². The molecule has 0 fully saturated rings. The van der Waals surface area contributed by atoms with Crippen molar-refractivity contribution in [2.75, 3.05) is 35.9 Å². The first-order valence-corrected chi connectivity index (χ1v) is 15.2. The molecule has 3 heterocycles. The first kappa shape index (κ1) is 29.5. The first-order valence-electron chi connectivity index (χ1n) is 14.6. The van der Waals surface area contributed by atoms with Crippen molar-refractivity contribution in [1.82, 2.24) is 9.97 Å². The van der Waals surface area contributed by atoms with E-state index in [1.54, 1.807) is 53.6 Å². The van der Waals surface area contributed by atoms with E-state index in [4.69, 9.17) is 21.1 Å². The maximum absolute atomic E-state index is 13.8. The van der Waals surface area contributed by atoms with Gasteiger partial charge in [0.1, 0.15) is 22.8 Å². The van der Waals surface area contributed by atoms with Gasteiger partial charge in [0.05, 0.1) is 30.3 Å². The predicted octanol–water partition coefficient (Wildman–Crippen LogP) is 6.85. The molecule has 0 aliphatic carbocycles. The lowest BCUT2D eigenvalue weighted by atomic mass is 9.95. The number of fused-ring (bicyclic) bond motifs is 4. The fourth-order valence-corrected chi connectivity index (χ4v) is 5.91. The van der Waals surface area contributed by atoms with Gasteiger partial charge >= 0.3 is 0 Å². The topological polar surface area (TPSA) is 117 Å². The quantitative estimate of drug-likeness (QED) is 0.117. The Kier molecular flexibility index (Phi) is 8.41. The molecule has 0 radical (unpaired) electrons. The highest BCUT2D eigenvalue weighted by atomic mass is 35.5. The van der Waals surface area contributed by atoms with Crippen molar-refractivity contribution < 1.29 is 24.2 Å². The van der Waals surface area contributed by atoms with Gasteiger partial charge < -0.3 is 29.8 Å². The molecular weight excluding hydrogens is 580 g/mol. The highest BCUT2D eigenvalue weighted by Gasteiger charge is 2.35. The number of amides is 2. The number of alkyl halides is 1. The number of aromatic nitrogens is 2. The number of phenolic OH excluding ortho intramolecular Hbond substituents is 1. The Morgan fingerprint density at radius 3 is 2.66 bits per heavy atom. The lowest BCUT2D eigenvalue weighted by Gasteiger charge is -2.17. The number of pyridine rings is 1. The minimum Gasteiger partial charge on any atom is -0.507 e.